The lowest BCUT2D eigenvalue weighted by Gasteiger charge is -2.34. The highest BCUT2D eigenvalue weighted by atomic mass is 16.5. The van der Waals surface area contributed by atoms with Gasteiger partial charge in [-0.05, 0) is 25.3 Å². The van der Waals surface area contributed by atoms with E-state index in [0.717, 1.165) is 32.5 Å². The van der Waals surface area contributed by atoms with Gasteiger partial charge in [0.25, 0.3) is 5.91 Å². The molecule has 1 aromatic heterocycles. The minimum absolute atomic E-state index is 0.0311. The van der Waals surface area contributed by atoms with Gasteiger partial charge in [-0.15, -0.1) is 0 Å². The minimum Gasteiger partial charge on any atom is -0.377 e. The van der Waals surface area contributed by atoms with E-state index in [2.05, 4.69) is 10.5 Å². The first-order valence-electron chi connectivity index (χ1n) is 6.75. The van der Waals surface area contributed by atoms with Gasteiger partial charge in [0.05, 0.1) is 0 Å². The van der Waals surface area contributed by atoms with E-state index in [1.54, 1.807) is 13.2 Å². The van der Waals surface area contributed by atoms with Crippen LogP contribution in [0.2, 0.25) is 0 Å². The lowest BCUT2D eigenvalue weighted by molar-refractivity contribution is 0.0651. The zero-order valence-corrected chi connectivity index (χ0v) is 11.1. The minimum atomic E-state index is -0.0311. The Morgan fingerprint density at radius 2 is 2.53 bits per heavy atom. The van der Waals surface area contributed by atoms with Gasteiger partial charge in [0.1, 0.15) is 6.61 Å². The summed E-state index contributed by atoms with van der Waals surface area (Å²) in [6.45, 7) is 3.02. The van der Waals surface area contributed by atoms with Crippen molar-refractivity contribution in [1.82, 2.24) is 15.4 Å². The van der Waals surface area contributed by atoms with E-state index in [0.29, 0.717) is 30.0 Å². The highest BCUT2D eigenvalue weighted by molar-refractivity contribution is 5.92. The average molecular weight is 265 g/mol. The summed E-state index contributed by atoms with van der Waals surface area (Å²) in [6, 6.07) is 2.26. The molecular formula is C13H19N3O3. The van der Waals surface area contributed by atoms with Gasteiger partial charge < -0.3 is 19.5 Å². The zero-order chi connectivity index (χ0) is 13.2. The van der Waals surface area contributed by atoms with Gasteiger partial charge in [-0.25, -0.2) is 0 Å². The Morgan fingerprint density at radius 3 is 3.37 bits per heavy atom. The summed E-state index contributed by atoms with van der Waals surface area (Å²) in [5.74, 6) is 1.14. The second-order valence-corrected chi connectivity index (χ2v) is 5.26. The number of rotatable bonds is 3. The van der Waals surface area contributed by atoms with Gasteiger partial charge in [-0.2, -0.15) is 0 Å². The van der Waals surface area contributed by atoms with Crippen molar-refractivity contribution in [2.24, 2.45) is 5.92 Å². The molecular weight excluding hydrogens is 246 g/mol. The number of hydrogen-bond donors (Lipinski definition) is 1. The molecule has 104 valence electrons. The predicted octanol–water partition coefficient (Wildman–Crippen LogP) is 0.645. The van der Waals surface area contributed by atoms with E-state index in [1.165, 1.54) is 0 Å². The molecule has 0 saturated carbocycles. The molecule has 2 saturated heterocycles. The smallest absolute Gasteiger partial charge is 0.276 e. The number of fused-ring (bicyclic) bond motifs is 1. The summed E-state index contributed by atoms with van der Waals surface area (Å²) in [5.41, 5.74) is 0.386. The van der Waals surface area contributed by atoms with E-state index in [9.17, 15) is 4.79 Å². The van der Waals surface area contributed by atoms with Crippen LogP contribution < -0.4 is 5.32 Å². The molecule has 3 rings (SSSR count). The normalized spacial score (nSPS) is 26.5. The summed E-state index contributed by atoms with van der Waals surface area (Å²) in [5, 5.41) is 7.32. The van der Waals surface area contributed by atoms with Crippen molar-refractivity contribution < 1.29 is 14.1 Å². The molecule has 2 aliphatic rings. The van der Waals surface area contributed by atoms with Crippen molar-refractivity contribution >= 4 is 5.91 Å². The van der Waals surface area contributed by atoms with Crippen LogP contribution in [-0.4, -0.2) is 48.7 Å². The summed E-state index contributed by atoms with van der Waals surface area (Å²) in [7, 11) is 1.59. The molecule has 0 spiro atoms. The highest BCUT2D eigenvalue weighted by Gasteiger charge is 2.35. The maximum Gasteiger partial charge on any atom is 0.276 e. The monoisotopic (exact) mass is 265 g/mol. The van der Waals surface area contributed by atoms with E-state index in [-0.39, 0.29) is 5.91 Å². The average Bonchev–Trinajstić information content (AvgIpc) is 3.05. The number of amides is 1. The number of piperidine rings is 1. The number of hydrogen-bond acceptors (Lipinski definition) is 5. The van der Waals surface area contributed by atoms with E-state index >= 15 is 0 Å². The standard InChI is InChI=1S/C13H19N3O3/c1-18-8-10-6-12(15-19-10)13(17)16-5-3-11-9(7-16)2-4-14-11/h6,9,11,14H,2-5,7-8H2,1H3. The van der Waals surface area contributed by atoms with Gasteiger partial charge in [0.2, 0.25) is 0 Å². The van der Waals surface area contributed by atoms with Crippen LogP contribution in [0.3, 0.4) is 0 Å². The quantitative estimate of drug-likeness (QED) is 0.869. The van der Waals surface area contributed by atoms with Gasteiger partial charge in [0, 0.05) is 32.3 Å². The number of carbonyl (C=O) groups is 1. The first-order chi connectivity index (χ1) is 9.28. The number of methoxy groups -OCH3 is 1. The zero-order valence-electron chi connectivity index (χ0n) is 11.1. The summed E-state index contributed by atoms with van der Waals surface area (Å²) in [6.07, 6.45) is 2.18. The largest absolute Gasteiger partial charge is 0.377 e. The number of carbonyl (C=O) groups excluding carboxylic acids is 1. The molecule has 19 heavy (non-hydrogen) atoms. The first kappa shape index (κ1) is 12.6. The molecule has 2 aliphatic heterocycles. The Labute approximate surface area is 112 Å². The summed E-state index contributed by atoms with van der Waals surface area (Å²) in [4.78, 5) is 14.2. The van der Waals surface area contributed by atoms with E-state index in [1.807, 2.05) is 4.90 Å². The maximum atomic E-state index is 12.3. The van der Waals surface area contributed by atoms with Gasteiger partial charge >= 0.3 is 0 Å². The summed E-state index contributed by atoms with van der Waals surface area (Å²) >= 11 is 0. The third-order valence-electron chi connectivity index (χ3n) is 4.01. The molecule has 0 bridgehead atoms. The van der Waals surface area contributed by atoms with Crippen LogP contribution in [0.1, 0.15) is 29.1 Å². The Hall–Kier alpha value is -1.40. The second-order valence-electron chi connectivity index (χ2n) is 5.26. The second kappa shape index (κ2) is 5.30. The van der Waals surface area contributed by atoms with Crippen molar-refractivity contribution in [2.75, 3.05) is 26.7 Å². The fourth-order valence-electron chi connectivity index (χ4n) is 3.02. The number of nitrogens with one attached hydrogen (secondary N) is 1. The summed E-state index contributed by atoms with van der Waals surface area (Å²) < 4.78 is 10.0. The molecule has 2 unspecified atom stereocenters. The van der Waals surface area contributed by atoms with Crippen LogP contribution in [0.5, 0.6) is 0 Å². The molecule has 6 heteroatoms. The fraction of sp³-hybridized carbons (Fsp3) is 0.692. The number of likely N-dealkylation sites (tertiary alicyclic amines) is 1. The lowest BCUT2D eigenvalue weighted by Crippen LogP contribution is -2.46. The predicted molar refractivity (Wildman–Crippen MR) is 67.6 cm³/mol. The van der Waals surface area contributed by atoms with Crippen molar-refractivity contribution in [3.05, 3.63) is 17.5 Å². The molecule has 2 fully saturated rings. The van der Waals surface area contributed by atoms with Crippen LogP contribution in [0, 0.1) is 5.92 Å². The van der Waals surface area contributed by atoms with E-state index in [4.69, 9.17) is 9.26 Å². The van der Waals surface area contributed by atoms with Crippen molar-refractivity contribution in [3.8, 4) is 0 Å². The molecule has 3 heterocycles. The number of ether oxygens (including phenoxy) is 1. The Balaban J connectivity index is 1.66. The van der Waals surface area contributed by atoms with Gasteiger partial charge in [-0.1, -0.05) is 5.16 Å². The lowest BCUT2D eigenvalue weighted by atomic mass is 9.93. The molecule has 1 aromatic rings. The molecule has 1 N–H and O–H groups in total. The molecule has 0 aliphatic carbocycles. The Kier molecular flexibility index (Phi) is 3.52. The SMILES string of the molecule is COCc1cc(C(=O)N2CCC3NCCC3C2)no1. The third kappa shape index (κ3) is 2.50. The third-order valence-corrected chi connectivity index (χ3v) is 4.01. The molecule has 0 radical (unpaired) electrons. The van der Waals surface area contributed by atoms with Gasteiger partial charge in [-0.3, -0.25) is 4.79 Å². The topological polar surface area (TPSA) is 67.6 Å². The maximum absolute atomic E-state index is 12.3. The Morgan fingerprint density at radius 1 is 1.63 bits per heavy atom. The molecule has 6 nitrogen and oxygen atoms in total. The van der Waals surface area contributed by atoms with Crippen LogP contribution in [-0.2, 0) is 11.3 Å². The van der Waals surface area contributed by atoms with E-state index < -0.39 is 0 Å². The van der Waals surface area contributed by atoms with Crippen LogP contribution >= 0.6 is 0 Å². The molecule has 1 amide bonds. The van der Waals surface area contributed by atoms with Crippen molar-refractivity contribution in [3.63, 3.8) is 0 Å². The van der Waals surface area contributed by atoms with Crippen molar-refractivity contribution in [2.45, 2.75) is 25.5 Å². The highest BCUT2D eigenvalue weighted by Crippen LogP contribution is 2.25. The van der Waals surface area contributed by atoms with Crippen LogP contribution in [0.15, 0.2) is 10.6 Å². The van der Waals surface area contributed by atoms with Gasteiger partial charge in [0.15, 0.2) is 11.5 Å². The first-order valence-corrected chi connectivity index (χ1v) is 6.75. The fourth-order valence-corrected chi connectivity index (χ4v) is 3.02. The van der Waals surface area contributed by atoms with Crippen LogP contribution in [0.25, 0.3) is 0 Å². The molecule has 2 atom stereocenters. The Bertz CT molecular complexity index is 460. The van der Waals surface area contributed by atoms with Crippen LogP contribution in [0.4, 0.5) is 0 Å². The van der Waals surface area contributed by atoms with Crippen molar-refractivity contribution in [1.29, 1.82) is 0 Å². The number of aromatic nitrogens is 1. The molecule has 0 aromatic carbocycles. The number of nitrogens with zero attached hydrogens (tertiary/aromatic N) is 2.